The number of benzene rings is 2. The number of hydrogen-bond acceptors (Lipinski definition) is 7. The van der Waals surface area contributed by atoms with E-state index in [-0.39, 0.29) is 0 Å². The Bertz CT molecular complexity index is 1260. The number of hydrazine groups is 1. The van der Waals surface area contributed by atoms with Gasteiger partial charge in [-0.1, -0.05) is 67.3 Å². The summed E-state index contributed by atoms with van der Waals surface area (Å²) in [6.07, 6.45) is 7.95. The largest absolute Gasteiger partial charge is 0.383 e. The van der Waals surface area contributed by atoms with Crippen LogP contribution in [0.5, 0.6) is 0 Å². The summed E-state index contributed by atoms with van der Waals surface area (Å²) in [6, 6.07) is 21.9. The highest BCUT2D eigenvalue weighted by Crippen LogP contribution is 2.43. The zero-order valence-corrected chi connectivity index (χ0v) is 23.4. The van der Waals surface area contributed by atoms with Gasteiger partial charge in [-0.3, -0.25) is 10.7 Å². The van der Waals surface area contributed by atoms with Crippen LogP contribution in [-0.4, -0.2) is 35.2 Å². The molecule has 2 fully saturated rings. The predicted molar refractivity (Wildman–Crippen MR) is 163 cm³/mol. The van der Waals surface area contributed by atoms with Crippen molar-refractivity contribution in [1.82, 2.24) is 15.2 Å². The number of nitrogen functional groups attached to an aromatic ring is 1. The first-order chi connectivity index (χ1) is 19.3. The van der Waals surface area contributed by atoms with Crippen molar-refractivity contribution >= 4 is 11.4 Å². The van der Waals surface area contributed by atoms with Crippen molar-refractivity contribution in [2.24, 2.45) is 11.6 Å². The van der Waals surface area contributed by atoms with Crippen LogP contribution < -0.4 is 22.3 Å². The Labute approximate surface area is 237 Å². The van der Waals surface area contributed by atoms with Gasteiger partial charge >= 0.3 is 0 Å². The van der Waals surface area contributed by atoms with Crippen LogP contribution >= 0.6 is 0 Å². The minimum atomic E-state index is -0.424. The van der Waals surface area contributed by atoms with Crippen LogP contribution in [-0.2, 0) is 12.1 Å². The van der Waals surface area contributed by atoms with Gasteiger partial charge in [-0.2, -0.15) is 4.39 Å². The molecule has 7 N–H and O–H groups in total. The molecule has 1 saturated heterocycles. The van der Waals surface area contributed by atoms with Gasteiger partial charge in [-0.05, 0) is 57.0 Å². The fourth-order valence-electron chi connectivity index (χ4n) is 4.57. The Kier molecular flexibility index (Phi) is 11.6. The van der Waals surface area contributed by atoms with Gasteiger partial charge in [0.15, 0.2) is 0 Å². The van der Waals surface area contributed by atoms with Crippen LogP contribution in [0.3, 0.4) is 0 Å². The van der Waals surface area contributed by atoms with Crippen molar-refractivity contribution in [3.05, 3.63) is 120 Å². The molecule has 3 aromatic rings. The third-order valence-electron chi connectivity index (χ3n) is 7.13. The first-order valence-electron chi connectivity index (χ1n) is 13.6. The second-order valence-corrected chi connectivity index (χ2v) is 10.2. The van der Waals surface area contributed by atoms with Crippen LogP contribution in [0.25, 0.3) is 0 Å². The molecule has 1 atom stereocenters. The van der Waals surface area contributed by atoms with Gasteiger partial charge in [0.1, 0.15) is 0 Å². The minimum Gasteiger partial charge on any atom is -0.383 e. The van der Waals surface area contributed by atoms with E-state index in [9.17, 15) is 4.39 Å². The second kappa shape index (κ2) is 15.1. The number of nitrogens with two attached hydrogens (primary N) is 2. The van der Waals surface area contributed by atoms with Crippen molar-refractivity contribution in [3.63, 3.8) is 0 Å². The van der Waals surface area contributed by atoms with Crippen LogP contribution in [0, 0.1) is 11.4 Å². The quantitative estimate of drug-likeness (QED) is 0.0804. The van der Waals surface area contributed by atoms with E-state index < -0.39 is 11.5 Å². The lowest BCUT2D eigenvalue weighted by Gasteiger charge is -2.22. The molecule has 0 amide bonds. The molecular formula is C32H42FN7. The molecule has 1 unspecified atom stereocenters. The Morgan fingerprint density at radius 1 is 1.15 bits per heavy atom. The molecule has 1 aliphatic carbocycles. The fraction of sp³-hybridized carbons (Fsp3) is 0.312. The number of anilines is 1. The van der Waals surface area contributed by atoms with Gasteiger partial charge in [0.2, 0.25) is 5.95 Å². The van der Waals surface area contributed by atoms with Crippen molar-refractivity contribution in [2.45, 2.75) is 50.2 Å². The van der Waals surface area contributed by atoms with E-state index in [1.54, 1.807) is 18.2 Å². The average Bonchev–Trinajstić information content (AvgIpc) is 3.58. The van der Waals surface area contributed by atoms with Crippen LogP contribution in [0.2, 0.25) is 0 Å². The van der Waals surface area contributed by atoms with Crippen molar-refractivity contribution < 1.29 is 4.39 Å². The zero-order chi connectivity index (χ0) is 29.0. The van der Waals surface area contributed by atoms with Crippen molar-refractivity contribution in [3.8, 4) is 0 Å². The molecule has 40 heavy (non-hydrogen) atoms. The normalized spacial score (nSPS) is 16.9. The summed E-state index contributed by atoms with van der Waals surface area (Å²) in [7, 11) is 2.17. The molecular weight excluding hydrogens is 501 g/mol. The molecule has 212 valence electrons. The number of rotatable bonds is 9. The summed E-state index contributed by atoms with van der Waals surface area (Å²) in [5.41, 5.74) is 13.1. The number of hydrogen-bond donors (Lipinski definition) is 5. The highest BCUT2D eigenvalue weighted by molar-refractivity contribution is 6.03. The van der Waals surface area contributed by atoms with E-state index in [0.717, 1.165) is 36.3 Å². The van der Waals surface area contributed by atoms with Gasteiger partial charge in [-0.15, -0.1) is 6.58 Å². The topological polar surface area (TPSA) is 116 Å². The van der Waals surface area contributed by atoms with E-state index in [0.29, 0.717) is 23.7 Å². The standard InChI is InChI=1S/C14H20N2.C10H13N3.C8H9FN2/c1-12(14-9-6-10-16(14)2)15-11-13-7-4-3-5-8-13;1-2-5-9(11)8-6-3-4-7-10(8)13-12;9-7-6(2-1-5-11-7)8(10)3-4-8/h3-5,7-8,14-15H,1,6,9-11H2,2H3;2-4,6-7,11,13H,1,5,12H2;1-2,5H,3-4,10H2. The molecule has 0 bridgehead atoms. The third-order valence-corrected chi connectivity index (χ3v) is 7.13. The third kappa shape index (κ3) is 8.84. The number of nitrogens with zero attached hydrogens (tertiary/aromatic N) is 2. The number of likely N-dealkylation sites (tertiary alicyclic amines) is 1. The average molecular weight is 544 g/mol. The molecule has 1 saturated carbocycles. The number of pyridine rings is 1. The lowest BCUT2D eigenvalue weighted by molar-refractivity contribution is 0.334. The molecule has 1 aliphatic heterocycles. The predicted octanol–water partition coefficient (Wildman–Crippen LogP) is 5.47. The molecule has 2 aliphatic rings. The number of nitrogens with one attached hydrogen (secondary N) is 3. The molecule has 2 heterocycles. The van der Waals surface area contributed by atoms with Crippen LogP contribution in [0.1, 0.15) is 48.8 Å². The summed E-state index contributed by atoms with van der Waals surface area (Å²) >= 11 is 0. The molecule has 1 aromatic heterocycles. The SMILES string of the molecule is C=C(NCc1ccccc1)C1CCCN1C.C=CCC(=N)c1ccccc1NN.NC1(c2cccnc2F)CC1. The molecule has 0 radical (unpaired) electrons. The van der Waals surface area contributed by atoms with E-state index in [4.69, 9.17) is 17.0 Å². The highest BCUT2D eigenvalue weighted by atomic mass is 19.1. The Morgan fingerprint density at radius 3 is 2.45 bits per heavy atom. The maximum Gasteiger partial charge on any atom is 0.217 e. The lowest BCUT2D eigenvalue weighted by Crippen LogP contribution is -2.32. The number of para-hydroxylation sites is 1. The van der Waals surface area contributed by atoms with E-state index in [2.05, 4.69) is 65.1 Å². The molecule has 5 rings (SSSR count). The first-order valence-corrected chi connectivity index (χ1v) is 13.6. The Morgan fingerprint density at radius 2 is 1.85 bits per heavy atom. The maximum atomic E-state index is 12.9. The van der Waals surface area contributed by atoms with E-state index in [1.807, 2.05) is 30.3 Å². The number of aromatic nitrogens is 1. The summed E-state index contributed by atoms with van der Waals surface area (Å²) < 4.78 is 12.9. The van der Waals surface area contributed by atoms with Gasteiger partial charge in [-0.25, -0.2) is 4.98 Å². The summed E-state index contributed by atoms with van der Waals surface area (Å²) in [5, 5.41) is 11.1. The second-order valence-electron chi connectivity index (χ2n) is 10.2. The molecule has 0 spiro atoms. The molecule has 8 heteroatoms. The molecule has 7 nitrogen and oxygen atoms in total. The van der Waals surface area contributed by atoms with Crippen LogP contribution in [0.15, 0.2) is 97.9 Å². The summed E-state index contributed by atoms with van der Waals surface area (Å²) in [4.78, 5) is 5.91. The number of halogens is 1. The van der Waals surface area contributed by atoms with Crippen LogP contribution in [0.4, 0.5) is 10.1 Å². The summed E-state index contributed by atoms with van der Waals surface area (Å²) in [6.45, 7) is 9.81. The Balaban J connectivity index is 0.000000168. The van der Waals surface area contributed by atoms with Gasteiger partial charge < -0.3 is 21.9 Å². The smallest absolute Gasteiger partial charge is 0.217 e. The van der Waals surface area contributed by atoms with E-state index >= 15 is 0 Å². The monoisotopic (exact) mass is 543 g/mol. The van der Waals surface area contributed by atoms with Gasteiger partial charge in [0.25, 0.3) is 0 Å². The zero-order valence-electron chi connectivity index (χ0n) is 23.4. The fourth-order valence-corrected chi connectivity index (χ4v) is 4.57. The number of likely N-dealkylation sites (N-methyl/N-ethyl adjacent to an activating group) is 1. The van der Waals surface area contributed by atoms with E-state index in [1.165, 1.54) is 31.1 Å². The van der Waals surface area contributed by atoms with Gasteiger partial charge in [0, 0.05) is 53.3 Å². The maximum absolute atomic E-state index is 12.9. The summed E-state index contributed by atoms with van der Waals surface area (Å²) in [5.74, 6) is 4.89. The van der Waals surface area contributed by atoms with Gasteiger partial charge in [0.05, 0.1) is 5.69 Å². The Hall–Kier alpha value is -3.85. The minimum absolute atomic E-state index is 0.404. The molecule has 2 aromatic carbocycles. The highest BCUT2D eigenvalue weighted by Gasteiger charge is 2.42. The number of allylic oxidation sites excluding steroid dienone is 1. The lowest BCUT2D eigenvalue weighted by atomic mass is 10.1. The van der Waals surface area contributed by atoms with Crippen molar-refractivity contribution in [2.75, 3.05) is 19.0 Å². The first kappa shape index (κ1) is 30.7. The van der Waals surface area contributed by atoms with Crippen molar-refractivity contribution in [1.29, 1.82) is 5.41 Å².